The number of carbonyl (C=O) groups excluding carboxylic acids is 1. The molecule has 1 fully saturated rings. The van der Waals surface area contributed by atoms with E-state index in [0.717, 1.165) is 5.56 Å². The van der Waals surface area contributed by atoms with E-state index in [1.807, 2.05) is 30.3 Å². The van der Waals surface area contributed by atoms with Gasteiger partial charge in [-0.3, -0.25) is 4.79 Å². The average molecular weight is 299 g/mol. The Hall–Kier alpha value is -1.44. The van der Waals surface area contributed by atoms with Crippen molar-refractivity contribution in [1.82, 2.24) is 5.32 Å². The number of carbonyl (C=O) groups is 1. The van der Waals surface area contributed by atoms with Crippen molar-refractivity contribution in [3.63, 3.8) is 0 Å². The van der Waals surface area contributed by atoms with Crippen LogP contribution in [0.15, 0.2) is 30.3 Å². The summed E-state index contributed by atoms with van der Waals surface area (Å²) in [5, 5.41) is 10.9. The van der Waals surface area contributed by atoms with Gasteiger partial charge in [0.1, 0.15) is 18.6 Å². The SMILES string of the molecule is O=C(OCc1ccccc1)[C@@H]1C[C@@H](S(=O)(=O)CO)CN1. The second-order valence-electron chi connectivity index (χ2n) is 4.70. The van der Waals surface area contributed by atoms with Crippen molar-refractivity contribution in [3.05, 3.63) is 35.9 Å². The standard InChI is InChI=1S/C13H17NO5S/c15-9-20(17,18)11-6-12(14-7-11)13(16)19-8-10-4-2-1-3-5-10/h1-5,11-12,14-15H,6-9H2/t11-,12+/m1/s1. The van der Waals surface area contributed by atoms with Gasteiger partial charge >= 0.3 is 5.97 Å². The van der Waals surface area contributed by atoms with Crippen LogP contribution in [-0.4, -0.2) is 43.3 Å². The van der Waals surface area contributed by atoms with Crippen molar-refractivity contribution in [2.45, 2.75) is 24.3 Å². The lowest BCUT2D eigenvalue weighted by Crippen LogP contribution is -2.32. The van der Waals surface area contributed by atoms with Crippen LogP contribution in [-0.2, 0) is 26.0 Å². The number of sulfone groups is 1. The number of rotatable bonds is 5. The molecular formula is C13H17NO5S. The van der Waals surface area contributed by atoms with E-state index in [9.17, 15) is 13.2 Å². The Labute approximate surface area is 117 Å². The van der Waals surface area contributed by atoms with Gasteiger partial charge in [-0.05, 0) is 12.0 Å². The van der Waals surface area contributed by atoms with Crippen LogP contribution in [0.1, 0.15) is 12.0 Å². The first-order valence-electron chi connectivity index (χ1n) is 6.29. The van der Waals surface area contributed by atoms with Gasteiger partial charge in [0.15, 0.2) is 9.84 Å². The summed E-state index contributed by atoms with van der Waals surface area (Å²) < 4.78 is 28.2. The fraction of sp³-hybridized carbons (Fsp3) is 0.462. The summed E-state index contributed by atoms with van der Waals surface area (Å²) in [5.74, 6) is -1.37. The molecule has 2 atom stereocenters. The minimum absolute atomic E-state index is 0.135. The summed E-state index contributed by atoms with van der Waals surface area (Å²) in [6.07, 6.45) is 0.135. The third kappa shape index (κ3) is 3.56. The highest BCUT2D eigenvalue weighted by Crippen LogP contribution is 2.17. The molecule has 1 saturated heterocycles. The van der Waals surface area contributed by atoms with E-state index in [4.69, 9.17) is 9.84 Å². The zero-order chi connectivity index (χ0) is 14.6. The Morgan fingerprint density at radius 2 is 2.05 bits per heavy atom. The highest BCUT2D eigenvalue weighted by Gasteiger charge is 2.37. The molecule has 0 saturated carbocycles. The van der Waals surface area contributed by atoms with Crippen LogP contribution in [0.2, 0.25) is 0 Å². The molecule has 7 heteroatoms. The molecule has 20 heavy (non-hydrogen) atoms. The summed E-state index contributed by atoms with van der Waals surface area (Å²) in [6, 6.07) is 8.61. The summed E-state index contributed by atoms with van der Waals surface area (Å²) >= 11 is 0. The van der Waals surface area contributed by atoms with Gasteiger partial charge in [-0.25, -0.2) is 8.42 Å². The largest absolute Gasteiger partial charge is 0.460 e. The first kappa shape index (κ1) is 15.0. The fourth-order valence-corrected chi connectivity index (χ4v) is 3.14. The number of aliphatic hydroxyl groups is 1. The Morgan fingerprint density at radius 1 is 1.35 bits per heavy atom. The van der Waals surface area contributed by atoms with Crippen molar-refractivity contribution in [3.8, 4) is 0 Å². The van der Waals surface area contributed by atoms with Crippen LogP contribution >= 0.6 is 0 Å². The molecule has 1 aromatic carbocycles. The highest BCUT2D eigenvalue weighted by molar-refractivity contribution is 7.91. The van der Waals surface area contributed by atoms with Gasteiger partial charge in [0.05, 0.1) is 5.25 Å². The number of ether oxygens (including phenoxy) is 1. The number of nitrogens with one attached hydrogen (secondary N) is 1. The number of hydrogen-bond acceptors (Lipinski definition) is 6. The first-order valence-corrected chi connectivity index (χ1v) is 8.01. The van der Waals surface area contributed by atoms with Crippen LogP contribution in [0.4, 0.5) is 0 Å². The molecule has 0 aliphatic carbocycles. The summed E-state index contributed by atoms with van der Waals surface area (Å²) in [5.41, 5.74) is 0.873. The number of benzene rings is 1. The van der Waals surface area contributed by atoms with Crippen molar-refractivity contribution in [1.29, 1.82) is 0 Å². The van der Waals surface area contributed by atoms with Gasteiger partial charge in [0.25, 0.3) is 0 Å². The van der Waals surface area contributed by atoms with Gasteiger partial charge in [-0.15, -0.1) is 0 Å². The molecule has 0 amide bonds. The second-order valence-corrected chi connectivity index (χ2v) is 6.95. The van der Waals surface area contributed by atoms with E-state index in [1.165, 1.54) is 0 Å². The van der Waals surface area contributed by atoms with Gasteiger partial charge in [0, 0.05) is 6.54 Å². The van der Waals surface area contributed by atoms with Crippen molar-refractivity contribution in [2.24, 2.45) is 0 Å². The molecule has 0 aromatic heterocycles. The van der Waals surface area contributed by atoms with Crippen molar-refractivity contribution in [2.75, 3.05) is 12.5 Å². The lowest BCUT2D eigenvalue weighted by Gasteiger charge is -2.10. The number of hydrogen-bond donors (Lipinski definition) is 2. The molecule has 1 aromatic rings. The quantitative estimate of drug-likeness (QED) is 0.733. The summed E-state index contributed by atoms with van der Waals surface area (Å²) in [4.78, 5) is 11.8. The van der Waals surface area contributed by atoms with E-state index in [1.54, 1.807) is 0 Å². The third-order valence-electron chi connectivity index (χ3n) is 3.29. The van der Waals surface area contributed by atoms with E-state index in [2.05, 4.69) is 5.32 Å². The smallest absolute Gasteiger partial charge is 0.323 e. The predicted molar refractivity (Wildman–Crippen MR) is 72.4 cm³/mol. The predicted octanol–water partition coefficient (Wildman–Crippen LogP) is -0.175. The van der Waals surface area contributed by atoms with Crippen LogP contribution < -0.4 is 5.32 Å². The first-order chi connectivity index (χ1) is 9.53. The van der Waals surface area contributed by atoms with E-state index < -0.39 is 33.0 Å². The highest BCUT2D eigenvalue weighted by atomic mass is 32.2. The maximum atomic E-state index is 11.8. The monoisotopic (exact) mass is 299 g/mol. The average Bonchev–Trinajstić information content (AvgIpc) is 2.96. The zero-order valence-electron chi connectivity index (χ0n) is 10.9. The molecule has 110 valence electrons. The lowest BCUT2D eigenvalue weighted by atomic mass is 10.2. The molecule has 0 unspecified atom stereocenters. The third-order valence-corrected chi connectivity index (χ3v) is 5.02. The van der Waals surface area contributed by atoms with Crippen LogP contribution in [0.5, 0.6) is 0 Å². The Kier molecular flexibility index (Phi) is 4.74. The molecule has 1 aliphatic rings. The molecule has 0 radical (unpaired) electrons. The van der Waals surface area contributed by atoms with E-state index in [0.29, 0.717) is 0 Å². The summed E-state index contributed by atoms with van der Waals surface area (Å²) in [7, 11) is -3.55. The van der Waals surface area contributed by atoms with Crippen LogP contribution in [0.3, 0.4) is 0 Å². The van der Waals surface area contributed by atoms with E-state index in [-0.39, 0.29) is 19.6 Å². The molecule has 1 aliphatic heterocycles. The second kappa shape index (κ2) is 6.34. The van der Waals surface area contributed by atoms with E-state index >= 15 is 0 Å². The Bertz CT molecular complexity index is 557. The fourth-order valence-electron chi connectivity index (χ4n) is 2.09. The lowest BCUT2D eigenvalue weighted by molar-refractivity contribution is -0.147. The molecule has 0 spiro atoms. The molecule has 1 heterocycles. The topological polar surface area (TPSA) is 92.7 Å². The number of esters is 1. The molecule has 2 rings (SSSR count). The molecular weight excluding hydrogens is 282 g/mol. The minimum atomic E-state index is -3.55. The molecule has 6 nitrogen and oxygen atoms in total. The Balaban J connectivity index is 1.86. The minimum Gasteiger partial charge on any atom is -0.460 e. The van der Waals surface area contributed by atoms with Gasteiger partial charge < -0.3 is 15.2 Å². The van der Waals surface area contributed by atoms with Crippen LogP contribution in [0, 0.1) is 0 Å². The molecule has 0 bridgehead atoms. The van der Waals surface area contributed by atoms with Crippen LogP contribution in [0.25, 0.3) is 0 Å². The normalized spacial score (nSPS) is 22.6. The number of aliphatic hydroxyl groups excluding tert-OH is 1. The maximum absolute atomic E-state index is 11.8. The molecule has 2 N–H and O–H groups in total. The maximum Gasteiger partial charge on any atom is 0.323 e. The summed E-state index contributed by atoms with van der Waals surface area (Å²) in [6.45, 7) is 0.323. The zero-order valence-corrected chi connectivity index (χ0v) is 11.7. The van der Waals surface area contributed by atoms with Crippen molar-refractivity contribution < 1.29 is 23.1 Å². The van der Waals surface area contributed by atoms with Gasteiger partial charge in [0.2, 0.25) is 0 Å². The van der Waals surface area contributed by atoms with Gasteiger partial charge in [-0.1, -0.05) is 30.3 Å². The van der Waals surface area contributed by atoms with Crippen molar-refractivity contribution >= 4 is 15.8 Å². The van der Waals surface area contributed by atoms with Gasteiger partial charge in [-0.2, -0.15) is 0 Å². The Morgan fingerprint density at radius 3 is 2.70 bits per heavy atom.